The molecule has 0 atom stereocenters. The van der Waals surface area contributed by atoms with Gasteiger partial charge < -0.3 is 10.6 Å². The average molecular weight is 689 g/mol. The molecule has 0 rings (SSSR count). The van der Waals surface area contributed by atoms with E-state index in [1.165, 1.54) is 244 Å². The highest BCUT2D eigenvalue weighted by Crippen LogP contribution is 2.18. The van der Waals surface area contributed by atoms with Gasteiger partial charge in [0.1, 0.15) is 0 Å². The maximum Gasteiger partial charge on any atom is 0.414 e. The molecule has 0 aromatic carbocycles. The van der Waals surface area contributed by atoms with Gasteiger partial charge in [-0.1, -0.05) is 264 Å². The Morgan fingerprint density at radius 2 is 0.510 bits per heavy atom. The van der Waals surface area contributed by atoms with Crippen molar-refractivity contribution >= 4 is 11.7 Å². The van der Waals surface area contributed by atoms with Gasteiger partial charge in [0.25, 0.3) is 0 Å². The molecule has 0 radical (unpaired) electrons. The van der Waals surface area contributed by atoms with Gasteiger partial charge in [0, 0.05) is 0 Å². The van der Waals surface area contributed by atoms with E-state index in [1.54, 1.807) is 0 Å². The zero-order valence-electron chi connectivity index (χ0n) is 33.4. The molecule has 0 aromatic rings. The minimum Gasteiger partial charge on any atom is -0.473 e. The predicted molar refractivity (Wildman–Crippen MR) is 216 cm³/mol. The molecule has 0 aliphatic carbocycles. The van der Waals surface area contributed by atoms with Gasteiger partial charge >= 0.3 is 11.7 Å². The number of hydrogen-bond donors (Lipinski definition) is 1. The summed E-state index contributed by atoms with van der Waals surface area (Å²) in [5, 5.41) is 8.82. The van der Waals surface area contributed by atoms with Gasteiger partial charge in [-0.3, -0.25) is 0 Å². The lowest BCUT2D eigenvalue weighted by Gasteiger charge is -2.05. The Morgan fingerprint density at radius 1 is 0.347 bits per heavy atom. The Hall–Kier alpha value is -1.15. The lowest BCUT2D eigenvalue weighted by Crippen LogP contribution is -2.13. The molecule has 0 aliphatic heterocycles. The van der Waals surface area contributed by atoms with Crippen LogP contribution in [-0.2, 0) is 4.79 Å². The Bertz CT molecular complexity index is 702. The highest BCUT2D eigenvalue weighted by molar-refractivity contribution is 6.32. The molecule has 0 bridgehead atoms. The molecule has 49 heavy (non-hydrogen) atoms. The van der Waals surface area contributed by atoms with Crippen LogP contribution < -0.4 is 0 Å². The van der Waals surface area contributed by atoms with Gasteiger partial charge in [-0.2, -0.15) is 4.79 Å². The van der Waals surface area contributed by atoms with E-state index in [4.69, 9.17) is 10.6 Å². The minimum absolute atomic E-state index is 0.119. The van der Waals surface area contributed by atoms with Crippen LogP contribution in [0, 0.1) is 0 Å². The Morgan fingerprint density at radius 3 is 0.653 bits per heavy atom. The van der Waals surface area contributed by atoms with Gasteiger partial charge in [0.05, 0.1) is 6.42 Å². The van der Waals surface area contributed by atoms with Gasteiger partial charge in [-0.15, -0.1) is 0 Å². The summed E-state index contributed by atoms with van der Waals surface area (Å²) in [6.45, 7) is 2.30. The van der Waals surface area contributed by atoms with Crippen LogP contribution in [0.5, 0.6) is 0 Å². The van der Waals surface area contributed by atoms with Crippen molar-refractivity contribution in [1.29, 1.82) is 0 Å². The van der Waals surface area contributed by atoms with Crippen molar-refractivity contribution in [3.8, 4) is 0 Å². The highest BCUT2D eigenvalue weighted by atomic mass is 16.4. The lowest BCUT2D eigenvalue weighted by atomic mass is 10.0. The van der Waals surface area contributed by atoms with Crippen molar-refractivity contribution in [3.63, 3.8) is 0 Å². The molecular weight excluding hydrogens is 601 g/mol. The predicted octanol–water partition coefficient (Wildman–Crippen LogP) is 16.1. The van der Waals surface area contributed by atoms with Crippen molar-refractivity contribution < 1.29 is 14.7 Å². The van der Waals surface area contributed by atoms with Crippen LogP contribution in [0.25, 0.3) is 5.53 Å². The summed E-state index contributed by atoms with van der Waals surface area (Å²) in [7, 11) is 0. The molecule has 0 heterocycles. The summed E-state index contributed by atoms with van der Waals surface area (Å²) < 4.78 is 0. The van der Waals surface area contributed by atoms with E-state index in [1.807, 2.05) is 0 Å². The molecule has 4 heteroatoms. The second-order valence-corrected chi connectivity index (χ2v) is 15.7. The first-order valence-corrected chi connectivity index (χ1v) is 22.7. The number of aliphatic carboxylic acids is 1. The molecular formula is C45H88N2O2. The van der Waals surface area contributed by atoms with E-state index in [2.05, 4.69) is 11.7 Å². The third-order valence-corrected chi connectivity index (χ3v) is 10.9. The van der Waals surface area contributed by atoms with Crippen molar-refractivity contribution in [1.82, 2.24) is 0 Å². The molecule has 290 valence electrons. The topological polar surface area (TPSA) is 73.7 Å². The molecule has 4 nitrogen and oxygen atoms in total. The molecule has 0 unspecified atom stereocenters. The van der Waals surface area contributed by atoms with Crippen LogP contribution in [0.2, 0.25) is 0 Å². The molecule has 0 aromatic heterocycles. The maximum absolute atomic E-state index is 10.8. The number of carbonyl (C=O) groups is 1. The maximum atomic E-state index is 10.8. The van der Waals surface area contributed by atoms with Crippen LogP contribution in [0.1, 0.15) is 277 Å². The molecule has 0 saturated carbocycles. The second kappa shape index (κ2) is 43.0. The zero-order chi connectivity index (χ0) is 35.6. The molecule has 0 fully saturated rings. The Labute approximate surface area is 307 Å². The normalized spacial score (nSPS) is 11.3. The first kappa shape index (κ1) is 47.8. The van der Waals surface area contributed by atoms with Crippen LogP contribution in [0.15, 0.2) is 0 Å². The molecule has 0 aliphatic rings. The van der Waals surface area contributed by atoms with Crippen molar-refractivity contribution in [2.45, 2.75) is 277 Å². The van der Waals surface area contributed by atoms with Gasteiger partial charge in [-0.25, -0.2) is 4.79 Å². The third kappa shape index (κ3) is 41.2. The number of rotatable bonds is 43. The smallest absolute Gasteiger partial charge is 0.414 e. The summed E-state index contributed by atoms with van der Waals surface area (Å²) in [5.74, 6) is -1.11. The van der Waals surface area contributed by atoms with E-state index in [0.717, 1.165) is 19.3 Å². The van der Waals surface area contributed by atoms with Crippen molar-refractivity contribution in [2.24, 2.45) is 0 Å². The molecule has 0 spiro atoms. The summed E-state index contributed by atoms with van der Waals surface area (Å²) >= 11 is 0. The fourth-order valence-electron chi connectivity index (χ4n) is 7.46. The Kier molecular flexibility index (Phi) is 42.0. The van der Waals surface area contributed by atoms with Crippen LogP contribution in [-0.4, -0.2) is 21.6 Å². The minimum atomic E-state index is -1.11. The van der Waals surface area contributed by atoms with Crippen molar-refractivity contribution in [2.75, 3.05) is 0 Å². The summed E-state index contributed by atoms with van der Waals surface area (Å²) in [5.41, 5.74) is 8.52. The molecule has 0 saturated heterocycles. The largest absolute Gasteiger partial charge is 0.473 e. The zero-order valence-corrected chi connectivity index (χ0v) is 33.4. The van der Waals surface area contributed by atoms with Gasteiger partial charge in [0.15, 0.2) is 0 Å². The molecule has 0 amide bonds. The summed E-state index contributed by atoms with van der Waals surface area (Å²) in [4.78, 5) is 13.6. The number of carboxylic acids is 1. The van der Waals surface area contributed by atoms with E-state index in [-0.39, 0.29) is 5.71 Å². The molecule has 1 N–H and O–H groups in total. The van der Waals surface area contributed by atoms with Crippen LogP contribution in [0.4, 0.5) is 0 Å². The average Bonchev–Trinajstić information content (AvgIpc) is 3.10. The van der Waals surface area contributed by atoms with Gasteiger partial charge in [0.2, 0.25) is 0 Å². The second-order valence-electron chi connectivity index (χ2n) is 15.7. The van der Waals surface area contributed by atoms with Gasteiger partial charge in [-0.05, 0) is 6.42 Å². The summed E-state index contributed by atoms with van der Waals surface area (Å²) in [6, 6.07) is 0. The van der Waals surface area contributed by atoms with Crippen LogP contribution in [0.3, 0.4) is 0 Å². The summed E-state index contributed by atoms with van der Waals surface area (Å²) in [6.07, 6.45) is 58.2. The first-order valence-electron chi connectivity index (χ1n) is 22.7. The quantitative estimate of drug-likeness (QED) is 0.0300. The van der Waals surface area contributed by atoms with Crippen molar-refractivity contribution in [3.05, 3.63) is 5.53 Å². The van der Waals surface area contributed by atoms with E-state index >= 15 is 0 Å². The SMILES string of the molecule is CCCCCCCCCCCCCCCCCCCCCCCCCCCCCCCCCCCCCCCCCCCC(=[N+]=[N-])C(=O)O. The fourth-order valence-corrected chi connectivity index (χ4v) is 7.46. The number of nitrogens with zero attached hydrogens (tertiary/aromatic N) is 2. The van der Waals surface area contributed by atoms with Crippen LogP contribution >= 0.6 is 0 Å². The highest BCUT2D eigenvalue weighted by Gasteiger charge is 2.17. The first-order chi connectivity index (χ1) is 24.2. The monoisotopic (exact) mass is 689 g/mol. The number of carboxylic acid groups (broad SMARTS) is 1. The number of unbranched alkanes of at least 4 members (excludes halogenated alkanes) is 40. The number of hydrogen-bond acceptors (Lipinski definition) is 1. The lowest BCUT2D eigenvalue weighted by molar-refractivity contribution is -0.134. The van der Waals surface area contributed by atoms with E-state index in [0.29, 0.717) is 6.42 Å². The van der Waals surface area contributed by atoms with E-state index in [9.17, 15) is 4.79 Å². The standard InChI is InChI=1S/C45H88N2O2/c1-2-3-4-5-6-7-8-9-10-11-12-13-14-15-16-17-18-19-20-21-22-23-24-25-26-27-28-29-30-31-32-33-34-35-36-37-38-39-40-41-42-43-44(47-46)45(48)49/h2-43H2,1H3,(H,48,49). The fraction of sp³-hybridized carbons (Fsp3) is 0.956. The van der Waals surface area contributed by atoms with E-state index < -0.39 is 5.97 Å². The third-order valence-electron chi connectivity index (χ3n) is 10.9. The Balaban J connectivity index is 3.09.